The number of aryl methyl sites for hydroxylation is 1. The number of halogens is 1. The van der Waals surface area contributed by atoms with Gasteiger partial charge in [-0.3, -0.25) is 4.72 Å². The van der Waals surface area contributed by atoms with Crippen LogP contribution in [0.15, 0.2) is 34.5 Å². The summed E-state index contributed by atoms with van der Waals surface area (Å²) in [6.07, 6.45) is 0.807. The quantitative estimate of drug-likeness (QED) is 0.845. The van der Waals surface area contributed by atoms with E-state index in [1.165, 1.54) is 11.3 Å². The maximum absolute atomic E-state index is 12.4. The van der Waals surface area contributed by atoms with E-state index in [-0.39, 0.29) is 0 Å². The number of hydrogen-bond acceptors (Lipinski definition) is 4. The topological polar surface area (TPSA) is 58.2 Å². The molecule has 0 unspecified atom stereocenters. The van der Waals surface area contributed by atoms with Crippen molar-refractivity contribution in [1.29, 1.82) is 0 Å². The molecule has 0 amide bonds. The number of nitrogens with one attached hydrogen (secondary N) is 2. The number of hydrogen-bond donors (Lipinski definition) is 2. The van der Waals surface area contributed by atoms with Crippen molar-refractivity contribution in [3.8, 4) is 0 Å². The zero-order valence-corrected chi connectivity index (χ0v) is 14.2. The molecule has 0 saturated carbocycles. The molecule has 0 aliphatic carbocycles. The summed E-state index contributed by atoms with van der Waals surface area (Å²) in [6, 6.07) is 8.70. The Morgan fingerprint density at radius 2 is 2.00 bits per heavy atom. The molecule has 0 bridgehead atoms. The van der Waals surface area contributed by atoms with Gasteiger partial charge in [-0.1, -0.05) is 17.7 Å². The van der Waals surface area contributed by atoms with Gasteiger partial charge in [-0.15, -0.1) is 11.3 Å². The fourth-order valence-electron chi connectivity index (χ4n) is 1.80. The third-order valence-electron chi connectivity index (χ3n) is 2.89. The fraction of sp³-hybridized carbons (Fsp3) is 0.286. The van der Waals surface area contributed by atoms with Gasteiger partial charge in [0.25, 0.3) is 10.0 Å². The molecule has 0 fully saturated rings. The van der Waals surface area contributed by atoms with E-state index in [1.54, 1.807) is 18.2 Å². The minimum Gasteiger partial charge on any atom is -0.319 e. The molecule has 1 heterocycles. The highest BCUT2D eigenvalue weighted by molar-refractivity contribution is 7.94. The van der Waals surface area contributed by atoms with Crippen molar-refractivity contribution in [3.05, 3.63) is 45.8 Å². The maximum atomic E-state index is 12.4. The highest BCUT2D eigenvalue weighted by Crippen LogP contribution is 2.28. The second-order valence-electron chi connectivity index (χ2n) is 4.66. The smallest absolute Gasteiger partial charge is 0.271 e. The van der Waals surface area contributed by atoms with E-state index in [1.807, 2.05) is 26.1 Å². The molecule has 2 N–H and O–H groups in total. The second-order valence-corrected chi connectivity index (χ2v) is 8.15. The van der Waals surface area contributed by atoms with Crippen LogP contribution in [0.5, 0.6) is 0 Å². The molecule has 0 spiro atoms. The highest BCUT2D eigenvalue weighted by Gasteiger charge is 2.18. The lowest BCUT2D eigenvalue weighted by molar-refractivity contribution is 0.603. The molecule has 4 nitrogen and oxygen atoms in total. The Hall–Kier alpha value is -1.08. The lowest BCUT2D eigenvalue weighted by Gasteiger charge is -2.08. The summed E-state index contributed by atoms with van der Waals surface area (Å²) in [5, 5.41) is 3.43. The van der Waals surface area contributed by atoms with E-state index in [9.17, 15) is 8.42 Å². The van der Waals surface area contributed by atoms with Crippen LogP contribution in [0, 0.1) is 6.92 Å². The van der Waals surface area contributed by atoms with Gasteiger partial charge in [0.2, 0.25) is 0 Å². The van der Waals surface area contributed by atoms with Crippen LogP contribution in [0.1, 0.15) is 10.4 Å². The van der Waals surface area contributed by atoms with Crippen molar-refractivity contribution in [2.24, 2.45) is 0 Å². The molecule has 1 aromatic heterocycles. The standard InChI is InChI=1S/C14H17ClN2O2S2/c1-10-3-5-12(15)13(9-10)17-21(18,19)14-6-4-11(20-14)7-8-16-2/h3-6,9,16-17H,7-8H2,1-2H3. The predicted octanol–water partition coefficient (Wildman–Crippen LogP) is 3.27. The molecular weight excluding hydrogens is 328 g/mol. The molecule has 0 atom stereocenters. The van der Waals surface area contributed by atoms with Crippen LogP contribution in [0.2, 0.25) is 5.02 Å². The van der Waals surface area contributed by atoms with Crippen molar-refractivity contribution in [1.82, 2.24) is 5.32 Å². The second kappa shape index (κ2) is 6.79. The Balaban J connectivity index is 2.22. The number of sulfonamides is 1. The molecule has 7 heteroatoms. The molecule has 2 aromatic rings. The Morgan fingerprint density at radius 1 is 1.24 bits per heavy atom. The average molecular weight is 345 g/mol. The van der Waals surface area contributed by atoms with Crippen molar-refractivity contribution in [3.63, 3.8) is 0 Å². The molecule has 0 saturated heterocycles. The summed E-state index contributed by atoms with van der Waals surface area (Å²) in [5.74, 6) is 0. The van der Waals surface area contributed by atoms with Gasteiger partial charge in [0.05, 0.1) is 10.7 Å². The zero-order chi connectivity index (χ0) is 15.5. The van der Waals surface area contributed by atoms with E-state index in [4.69, 9.17) is 11.6 Å². The lowest BCUT2D eigenvalue weighted by Crippen LogP contribution is -2.12. The maximum Gasteiger partial charge on any atom is 0.271 e. The molecule has 0 aliphatic heterocycles. The Kier molecular flexibility index (Phi) is 5.27. The number of benzene rings is 1. The Morgan fingerprint density at radius 3 is 2.71 bits per heavy atom. The van der Waals surface area contributed by atoms with Crippen molar-refractivity contribution >= 4 is 38.6 Å². The van der Waals surface area contributed by atoms with Gasteiger partial charge < -0.3 is 5.32 Å². The molecule has 2 rings (SSSR count). The molecular formula is C14H17ClN2O2S2. The van der Waals surface area contributed by atoms with E-state index >= 15 is 0 Å². The molecule has 1 aromatic carbocycles. The number of rotatable bonds is 6. The van der Waals surface area contributed by atoms with Gasteiger partial charge in [-0.25, -0.2) is 8.42 Å². The zero-order valence-electron chi connectivity index (χ0n) is 11.8. The largest absolute Gasteiger partial charge is 0.319 e. The summed E-state index contributed by atoms with van der Waals surface area (Å²) in [5.41, 5.74) is 1.35. The van der Waals surface area contributed by atoms with Gasteiger partial charge in [0, 0.05) is 4.88 Å². The van der Waals surface area contributed by atoms with E-state index in [2.05, 4.69) is 10.0 Å². The average Bonchev–Trinajstić information content (AvgIpc) is 2.90. The minimum atomic E-state index is -3.59. The van der Waals surface area contributed by atoms with Gasteiger partial charge in [-0.05, 0) is 56.8 Å². The van der Waals surface area contributed by atoms with Gasteiger partial charge in [-0.2, -0.15) is 0 Å². The molecule has 0 aliphatic rings. The number of anilines is 1. The SMILES string of the molecule is CNCCc1ccc(S(=O)(=O)Nc2cc(C)ccc2Cl)s1. The van der Waals surface area contributed by atoms with Crippen LogP contribution < -0.4 is 10.0 Å². The monoisotopic (exact) mass is 344 g/mol. The van der Waals surface area contributed by atoms with E-state index in [0.717, 1.165) is 23.4 Å². The summed E-state index contributed by atoms with van der Waals surface area (Å²) < 4.78 is 27.6. The Labute approximate surface area is 134 Å². The molecule has 114 valence electrons. The van der Waals surface area contributed by atoms with E-state index < -0.39 is 10.0 Å². The van der Waals surface area contributed by atoms with Gasteiger partial charge >= 0.3 is 0 Å². The van der Waals surface area contributed by atoms with Gasteiger partial charge in [0.15, 0.2) is 0 Å². The highest BCUT2D eigenvalue weighted by atomic mass is 35.5. The molecule has 0 radical (unpaired) electrons. The first-order valence-corrected chi connectivity index (χ1v) is 9.12. The van der Waals surface area contributed by atoms with Crippen molar-refractivity contribution in [2.45, 2.75) is 17.6 Å². The number of thiophene rings is 1. The summed E-state index contributed by atoms with van der Waals surface area (Å²) in [6.45, 7) is 2.70. The van der Waals surface area contributed by atoms with Crippen LogP contribution in [0.25, 0.3) is 0 Å². The first-order valence-electron chi connectivity index (χ1n) is 6.44. The van der Waals surface area contributed by atoms with Gasteiger partial charge in [0.1, 0.15) is 4.21 Å². The van der Waals surface area contributed by atoms with Crippen molar-refractivity contribution in [2.75, 3.05) is 18.3 Å². The first-order chi connectivity index (χ1) is 9.92. The Bertz CT molecular complexity index is 726. The van der Waals surface area contributed by atoms with Crippen LogP contribution >= 0.6 is 22.9 Å². The van der Waals surface area contributed by atoms with Crippen LogP contribution in [0.3, 0.4) is 0 Å². The third kappa shape index (κ3) is 4.20. The molecule has 21 heavy (non-hydrogen) atoms. The van der Waals surface area contributed by atoms with Crippen molar-refractivity contribution < 1.29 is 8.42 Å². The van der Waals surface area contributed by atoms with Crippen LogP contribution in [-0.4, -0.2) is 22.0 Å². The first kappa shape index (κ1) is 16.3. The lowest BCUT2D eigenvalue weighted by atomic mass is 10.2. The summed E-state index contributed by atoms with van der Waals surface area (Å²) in [4.78, 5) is 1.03. The minimum absolute atomic E-state index is 0.297. The normalized spacial score (nSPS) is 11.6. The van der Waals surface area contributed by atoms with E-state index in [0.29, 0.717) is 14.9 Å². The summed E-state index contributed by atoms with van der Waals surface area (Å²) in [7, 11) is -1.73. The summed E-state index contributed by atoms with van der Waals surface area (Å²) >= 11 is 7.31. The van der Waals surface area contributed by atoms with Crippen LogP contribution in [0.4, 0.5) is 5.69 Å². The fourth-order valence-corrected chi connectivity index (χ4v) is 4.44. The van der Waals surface area contributed by atoms with Crippen LogP contribution in [-0.2, 0) is 16.4 Å². The number of likely N-dealkylation sites (N-methyl/N-ethyl adjacent to an activating group) is 1. The predicted molar refractivity (Wildman–Crippen MR) is 88.9 cm³/mol. The third-order valence-corrected chi connectivity index (χ3v) is 6.22.